The molecular formula is C31H26ClN3O4. The van der Waals surface area contributed by atoms with Crippen molar-refractivity contribution in [2.24, 2.45) is 0 Å². The molecule has 5 rings (SSSR count). The quantitative estimate of drug-likeness (QED) is 0.241. The van der Waals surface area contributed by atoms with Crippen LogP contribution in [-0.2, 0) is 22.6 Å². The molecule has 196 valence electrons. The van der Waals surface area contributed by atoms with Gasteiger partial charge in [-0.2, -0.15) is 0 Å². The molecule has 3 aromatic carbocycles. The first-order chi connectivity index (χ1) is 19.0. The number of ether oxygens (including phenoxy) is 2. The summed E-state index contributed by atoms with van der Waals surface area (Å²) in [4.78, 5) is 30.0. The second-order valence-corrected chi connectivity index (χ2v) is 9.37. The maximum Gasteiger partial charge on any atom is 0.328 e. The van der Waals surface area contributed by atoms with Crippen molar-refractivity contribution in [1.29, 1.82) is 0 Å². The predicted octanol–water partition coefficient (Wildman–Crippen LogP) is 5.75. The highest BCUT2D eigenvalue weighted by molar-refractivity contribution is 6.33. The summed E-state index contributed by atoms with van der Waals surface area (Å²) in [5.74, 6) is -0.309. The molecule has 0 radical (unpaired) electrons. The average Bonchev–Trinajstić information content (AvgIpc) is 3.40. The molecule has 2 aromatic heterocycles. The molecule has 0 spiro atoms. The van der Waals surface area contributed by atoms with Gasteiger partial charge in [-0.15, -0.1) is 0 Å². The number of halogens is 1. The van der Waals surface area contributed by atoms with Crippen LogP contribution in [-0.4, -0.2) is 34.4 Å². The van der Waals surface area contributed by atoms with Crippen molar-refractivity contribution >= 4 is 29.1 Å². The van der Waals surface area contributed by atoms with Crippen LogP contribution in [0.15, 0.2) is 103 Å². The van der Waals surface area contributed by atoms with Crippen molar-refractivity contribution in [2.45, 2.75) is 19.1 Å². The van der Waals surface area contributed by atoms with E-state index in [-0.39, 0.29) is 12.1 Å². The number of imidazole rings is 1. The largest absolute Gasteiger partial charge is 0.489 e. The van der Waals surface area contributed by atoms with E-state index in [2.05, 4.69) is 10.3 Å². The Labute approximate surface area is 231 Å². The highest BCUT2D eigenvalue weighted by atomic mass is 35.5. The number of hydrogen-bond donors (Lipinski definition) is 1. The summed E-state index contributed by atoms with van der Waals surface area (Å²) in [5, 5.41) is 3.40. The second-order valence-electron chi connectivity index (χ2n) is 8.96. The lowest BCUT2D eigenvalue weighted by molar-refractivity contribution is -0.142. The Morgan fingerprint density at radius 2 is 1.64 bits per heavy atom. The lowest BCUT2D eigenvalue weighted by Gasteiger charge is -2.16. The minimum absolute atomic E-state index is 0.185. The lowest BCUT2D eigenvalue weighted by atomic mass is 10.1. The fraction of sp³-hybridized carbons (Fsp3) is 0.129. The summed E-state index contributed by atoms with van der Waals surface area (Å²) in [6, 6.07) is 27.7. The van der Waals surface area contributed by atoms with E-state index >= 15 is 0 Å². The Kier molecular flexibility index (Phi) is 7.89. The van der Waals surface area contributed by atoms with Gasteiger partial charge in [0.25, 0.3) is 5.91 Å². The van der Waals surface area contributed by atoms with E-state index in [1.54, 1.807) is 10.6 Å². The number of aromatic nitrogens is 2. The van der Waals surface area contributed by atoms with E-state index in [0.29, 0.717) is 23.0 Å². The third-order valence-electron chi connectivity index (χ3n) is 6.27. The zero-order chi connectivity index (χ0) is 27.2. The standard InChI is InChI=1S/C31H26ClN3O4/c1-38-31(37)27(17-21-11-14-24(15-12-21)39-20-22-7-3-2-4-8-22)34-30(36)28-19-35-18-23(13-16-29(35)33-28)25-9-5-6-10-26(25)32/h2-16,18-19,27H,17,20H2,1H3,(H,34,36)/t27-/m0/s1. The fourth-order valence-electron chi connectivity index (χ4n) is 4.22. The van der Waals surface area contributed by atoms with Crippen molar-refractivity contribution in [3.63, 3.8) is 0 Å². The van der Waals surface area contributed by atoms with E-state index in [0.717, 1.165) is 22.3 Å². The number of carbonyl (C=O) groups excluding carboxylic acids is 2. The number of rotatable bonds is 9. The molecule has 0 aliphatic heterocycles. The number of amides is 1. The molecule has 0 bridgehead atoms. The Hall–Kier alpha value is -4.62. The van der Waals surface area contributed by atoms with Crippen molar-refractivity contribution in [3.05, 3.63) is 125 Å². The van der Waals surface area contributed by atoms with E-state index in [1.165, 1.54) is 7.11 Å². The van der Waals surface area contributed by atoms with Crippen LogP contribution in [0.5, 0.6) is 5.75 Å². The van der Waals surface area contributed by atoms with Crippen molar-refractivity contribution in [2.75, 3.05) is 7.11 Å². The van der Waals surface area contributed by atoms with Gasteiger partial charge in [0.15, 0.2) is 0 Å². The zero-order valence-corrected chi connectivity index (χ0v) is 22.0. The number of fused-ring (bicyclic) bond motifs is 1. The number of carbonyl (C=O) groups is 2. The number of methoxy groups -OCH3 is 1. The van der Waals surface area contributed by atoms with Crippen LogP contribution in [0.25, 0.3) is 16.8 Å². The van der Waals surface area contributed by atoms with Gasteiger partial charge in [-0.3, -0.25) is 4.79 Å². The molecule has 39 heavy (non-hydrogen) atoms. The predicted molar refractivity (Wildman–Crippen MR) is 150 cm³/mol. The van der Waals surface area contributed by atoms with E-state index < -0.39 is 17.9 Å². The van der Waals surface area contributed by atoms with Gasteiger partial charge in [-0.1, -0.05) is 72.3 Å². The normalized spacial score (nSPS) is 11.6. The van der Waals surface area contributed by atoms with Crippen LogP contribution in [0.1, 0.15) is 21.6 Å². The molecule has 1 amide bonds. The monoisotopic (exact) mass is 539 g/mol. The summed E-state index contributed by atoms with van der Waals surface area (Å²) in [6.45, 7) is 0.458. The number of benzene rings is 3. The molecule has 8 heteroatoms. The molecular weight excluding hydrogens is 514 g/mol. The van der Waals surface area contributed by atoms with Gasteiger partial charge in [0.2, 0.25) is 0 Å². The first-order valence-corrected chi connectivity index (χ1v) is 12.8. The molecule has 0 aliphatic carbocycles. The molecule has 1 N–H and O–H groups in total. The molecule has 2 heterocycles. The Morgan fingerprint density at radius 1 is 0.897 bits per heavy atom. The number of pyridine rings is 1. The first-order valence-electron chi connectivity index (χ1n) is 12.4. The van der Waals surface area contributed by atoms with E-state index in [9.17, 15) is 9.59 Å². The SMILES string of the molecule is COC(=O)[C@H](Cc1ccc(OCc2ccccc2)cc1)NC(=O)c1cn2cc(-c3ccccc3Cl)ccc2n1. The summed E-state index contributed by atoms with van der Waals surface area (Å²) in [5.41, 5.74) is 4.46. The van der Waals surface area contributed by atoms with Gasteiger partial charge in [-0.05, 0) is 47.0 Å². The minimum atomic E-state index is -0.887. The molecule has 0 unspecified atom stereocenters. The third kappa shape index (κ3) is 6.27. The molecule has 7 nitrogen and oxygen atoms in total. The highest BCUT2D eigenvalue weighted by Crippen LogP contribution is 2.27. The van der Waals surface area contributed by atoms with Gasteiger partial charge < -0.3 is 19.2 Å². The molecule has 0 aliphatic rings. The summed E-state index contributed by atoms with van der Waals surface area (Å²) in [7, 11) is 1.29. The lowest BCUT2D eigenvalue weighted by Crippen LogP contribution is -2.43. The van der Waals surface area contributed by atoms with Gasteiger partial charge in [0.1, 0.15) is 29.7 Å². The smallest absolute Gasteiger partial charge is 0.328 e. The summed E-state index contributed by atoms with van der Waals surface area (Å²) in [6.07, 6.45) is 3.74. The van der Waals surface area contributed by atoms with Crippen LogP contribution in [0.2, 0.25) is 5.02 Å². The fourth-order valence-corrected chi connectivity index (χ4v) is 4.47. The average molecular weight is 540 g/mol. The topological polar surface area (TPSA) is 81.9 Å². The number of nitrogens with one attached hydrogen (secondary N) is 1. The van der Waals surface area contributed by atoms with Gasteiger partial charge >= 0.3 is 5.97 Å². The summed E-state index contributed by atoms with van der Waals surface area (Å²) >= 11 is 6.34. The highest BCUT2D eigenvalue weighted by Gasteiger charge is 2.24. The van der Waals surface area contributed by atoms with Gasteiger partial charge in [0.05, 0.1) is 7.11 Å². The Morgan fingerprint density at radius 3 is 2.38 bits per heavy atom. The van der Waals surface area contributed by atoms with Crippen LogP contribution in [0.4, 0.5) is 0 Å². The number of esters is 1. The maximum absolute atomic E-state index is 13.1. The Bertz CT molecular complexity index is 1600. The van der Waals surface area contributed by atoms with Crippen molar-refractivity contribution in [3.8, 4) is 16.9 Å². The van der Waals surface area contributed by atoms with Crippen LogP contribution in [0.3, 0.4) is 0 Å². The third-order valence-corrected chi connectivity index (χ3v) is 6.60. The Balaban J connectivity index is 1.27. The first kappa shape index (κ1) is 26.0. The zero-order valence-electron chi connectivity index (χ0n) is 21.2. The van der Waals surface area contributed by atoms with Gasteiger partial charge in [-0.25, -0.2) is 9.78 Å². The van der Waals surface area contributed by atoms with Crippen LogP contribution >= 0.6 is 11.6 Å². The molecule has 0 fully saturated rings. The molecule has 0 saturated carbocycles. The maximum atomic E-state index is 13.1. The molecule has 1 atom stereocenters. The van der Waals surface area contributed by atoms with Crippen LogP contribution in [0, 0.1) is 0 Å². The van der Waals surface area contributed by atoms with Gasteiger partial charge in [0, 0.05) is 29.4 Å². The van der Waals surface area contributed by atoms with Crippen LogP contribution < -0.4 is 10.1 Å². The minimum Gasteiger partial charge on any atom is -0.489 e. The van der Waals surface area contributed by atoms with Crippen molar-refractivity contribution < 1.29 is 19.1 Å². The molecule has 5 aromatic rings. The number of hydrogen-bond acceptors (Lipinski definition) is 5. The second kappa shape index (κ2) is 11.8. The van der Waals surface area contributed by atoms with E-state index in [1.807, 2.05) is 97.2 Å². The van der Waals surface area contributed by atoms with E-state index in [4.69, 9.17) is 21.1 Å². The summed E-state index contributed by atoms with van der Waals surface area (Å²) < 4.78 is 12.5. The van der Waals surface area contributed by atoms with Crippen molar-refractivity contribution in [1.82, 2.24) is 14.7 Å². The number of nitrogens with zero attached hydrogens (tertiary/aromatic N) is 2. The molecule has 0 saturated heterocycles.